The van der Waals surface area contributed by atoms with Crippen LogP contribution in [0.4, 0.5) is 0 Å². The van der Waals surface area contributed by atoms with Crippen molar-refractivity contribution in [2.75, 3.05) is 0 Å². The fourth-order valence-electron chi connectivity index (χ4n) is 3.49. The molecule has 0 atom stereocenters. The van der Waals surface area contributed by atoms with Crippen LogP contribution in [-0.4, -0.2) is 30.5 Å². The molecule has 142 valence electrons. The molecule has 1 aliphatic carbocycles. The van der Waals surface area contributed by atoms with Crippen molar-refractivity contribution in [2.45, 2.75) is 58.9 Å². The number of hydrogen-bond acceptors (Lipinski definition) is 6. The number of aromatic nitrogens is 5. The molecule has 1 amide bonds. The lowest BCUT2D eigenvalue weighted by atomic mass is 9.97. The Bertz CT molecular complexity index is 1060. The van der Waals surface area contributed by atoms with Gasteiger partial charge in [-0.3, -0.25) is 14.7 Å². The maximum Gasteiger partial charge on any atom is 0.277 e. The summed E-state index contributed by atoms with van der Waals surface area (Å²) in [5.74, 6) is 0.630. The Morgan fingerprint density at radius 3 is 2.89 bits per heavy atom. The SMILES string of the molecule is CCc1nc(C)sc1CNC(=O)Cc1nc2nc3c(c(=O)n2[nH]1)CCCC3. The summed E-state index contributed by atoms with van der Waals surface area (Å²) in [5, 5.41) is 6.85. The van der Waals surface area contributed by atoms with Crippen LogP contribution in [0.2, 0.25) is 0 Å². The number of carbonyl (C=O) groups is 1. The smallest absolute Gasteiger partial charge is 0.277 e. The van der Waals surface area contributed by atoms with Crippen molar-refractivity contribution in [2.24, 2.45) is 0 Å². The second kappa shape index (κ2) is 7.22. The van der Waals surface area contributed by atoms with E-state index in [-0.39, 0.29) is 17.9 Å². The van der Waals surface area contributed by atoms with E-state index in [1.807, 2.05) is 6.92 Å². The second-order valence-corrected chi connectivity index (χ2v) is 8.05. The highest BCUT2D eigenvalue weighted by Gasteiger charge is 2.19. The van der Waals surface area contributed by atoms with Gasteiger partial charge in [0.05, 0.1) is 29.4 Å². The van der Waals surface area contributed by atoms with Crippen molar-refractivity contribution in [1.82, 2.24) is 29.9 Å². The largest absolute Gasteiger partial charge is 0.351 e. The first-order chi connectivity index (χ1) is 13.0. The summed E-state index contributed by atoms with van der Waals surface area (Å²) in [7, 11) is 0. The number of nitrogens with zero attached hydrogens (tertiary/aromatic N) is 4. The van der Waals surface area contributed by atoms with Gasteiger partial charge >= 0.3 is 0 Å². The first-order valence-corrected chi connectivity index (χ1v) is 10.1. The lowest BCUT2D eigenvalue weighted by molar-refractivity contribution is -0.120. The van der Waals surface area contributed by atoms with Gasteiger partial charge in [0.2, 0.25) is 5.91 Å². The zero-order chi connectivity index (χ0) is 19.0. The topological polar surface area (TPSA) is 105 Å². The molecule has 1 aliphatic rings. The monoisotopic (exact) mass is 386 g/mol. The molecule has 0 radical (unpaired) electrons. The Hall–Kier alpha value is -2.55. The van der Waals surface area contributed by atoms with Crippen molar-refractivity contribution < 1.29 is 4.79 Å². The van der Waals surface area contributed by atoms with Crippen molar-refractivity contribution >= 4 is 23.0 Å². The van der Waals surface area contributed by atoms with Crippen molar-refractivity contribution in [3.8, 4) is 0 Å². The van der Waals surface area contributed by atoms with Crippen LogP contribution in [0.1, 0.15) is 52.4 Å². The van der Waals surface area contributed by atoms with Crippen LogP contribution in [0, 0.1) is 6.92 Å². The molecule has 4 rings (SSSR count). The normalized spacial score (nSPS) is 13.7. The van der Waals surface area contributed by atoms with Crippen LogP contribution in [0.3, 0.4) is 0 Å². The van der Waals surface area contributed by atoms with Gasteiger partial charge in [0, 0.05) is 10.4 Å². The number of hydrogen-bond donors (Lipinski definition) is 2. The first kappa shape index (κ1) is 17.8. The van der Waals surface area contributed by atoms with Crippen LogP contribution in [0.15, 0.2) is 4.79 Å². The predicted molar refractivity (Wildman–Crippen MR) is 102 cm³/mol. The number of rotatable bonds is 5. The number of amides is 1. The van der Waals surface area contributed by atoms with Gasteiger partial charge in [-0.1, -0.05) is 6.92 Å². The second-order valence-electron chi connectivity index (χ2n) is 6.76. The average molecular weight is 386 g/mol. The highest BCUT2D eigenvalue weighted by atomic mass is 32.1. The Labute approximate surface area is 160 Å². The summed E-state index contributed by atoms with van der Waals surface area (Å²) in [5.41, 5.74) is 2.55. The van der Waals surface area contributed by atoms with Gasteiger partial charge in [-0.25, -0.2) is 9.97 Å². The van der Waals surface area contributed by atoms with Gasteiger partial charge < -0.3 is 5.32 Å². The van der Waals surface area contributed by atoms with E-state index in [1.54, 1.807) is 11.3 Å². The van der Waals surface area contributed by atoms with Crippen molar-refractivity contribution in [3.63, 3.8) is 0 Å². The molecule has 3 aromatic heterocycles. The van der Waals surface area contributed by atoms with Gasteiger partial charge in [-0.05, 0) is 39.0 Å². The number of carbonyl (C=O) groups excluding carboxylic acids is 1. The minimum atomic E-state index is -0.153. The van der Waals surface area contributed by atoms with Crippen LogP contribution in [-0.2, 0) is 37.0 Å². The van der Waals surface area contributed by atoms with E-state index in [9.17, 15) is 9.59 Å². The van der Waals surface area contributed by atoms with Crippen LogP contribution in [0.5, 0.6) is 0 Å². The molecule has 3 heterocycles. The van der Waals surface area contributed by atoms with Crippen LogP contribution >= 0.6 is 11.3 Å². The fraction of sp³-hybridized carbons (Fsp3) is 0.500. The summed E-state index contributed by atoms with van der Waals surface area (Å²) in [6.45, 7) is 4.48. The summed E-state index contributed by atoms with van der Waals surface area (Å²) < 4.78 is 1.36. The van der Waals surface area contributed by atoms with E-state index >= 15 is 0 Å². The first-order valence-electron chi connectivity index (χ1n) is 9.26. The van der Waals surface area contributed by atoms with Crippen molar-refractivity contribution in [3.05, 3.63) is 43.0 Å². The number of aromatic amines is 1. The third-order valence-electron chi connectivity index (χ3n) is 4.80. The lowest BCUT2D eigenvalue weighted by Gasteiger charge is -2.12. The summed E-state index contributed by atoms with van der Waals surface area (Å²) in [6.07, 6.45) is 4.55. The molecule has 0 saturated carbocycles. The van der Waals surface area contributed by atoms with Crippen LogP contribution in [0.25, 0.3) is 5.78 Å². The Morgan fingerprint density at radius 2 is 2.07 bits per heavy atom. The maximum absolute atomic E-state index is 12.6. The summed E-state index contributed by atoms with van der Waals surface area (Å²) in [6, 6.07) is 0. The molecule has 3 aromatic rings. The maximum atomic E-state index is 12.6. The Morgan fingerprint density at radius 1 is 1.26 bits per heavy atom. The quantitative estimate of drug-likeness (QED) is 0.691. The molecule has 8 nitrogen and oxygen atoms in total. The Balaban J connectivity index is 1.49. The predicted octanol–water partition coefficient (Wildman–Crippen LogP) is 1.48. The standard InChI is InChI=1S/C18H22N6O2S/c1-3-12-14(27-10(2)20-12)9-19-16(25)8-15-22-18-21-13-7-5-4-6-11(13)17(26)24(18)23-15/h3-9H2,1-2H3,(H,19,25)(H,21,22,23). The number of aryl methyl sites for hydroxylation is 3. The zero-order valence-corrected chi connectivity index (χ0v) is 16.3. The van der Waals surface area contributed by atoms with E-state index in [4.69, 9.17) is 0 Å². The number of H-pyrrole nitrogens is 1. The summed E-state index contributed by atoms with van der Waals surface area (Å²) in [4.78, 5) is 39.3. The van der Waals surface area contributed by atoms with Gasteiger partial charge in [0.25, 0.3) is 11.3 Å². The molecule has 0 spiro atoms. The third kappa shape index (κ3) is 3.51. The van der Waals surface area contributed by atoms with E-state index in [1.165, 1.54) is 4.52 Å². The van der Waals surface area contributed by atoms with Crippen LogP contribution < -0.4 is 10.9 Å². The van der Waals surface area contributed by atoms with E-state index in [2.05, 4.69) is 32.3 Å². The molecule has 27 heavy (non-hydrogen) atoms. The molecular formula is C18H22N6O2S. The molecule has 0 unspecified atom stereocenters. The number of nitrogens with one attached hydrogen (secondary N) is 2. The van der Waals surface area contributed by atoms with Gasteiger partial charge in [0.1, 0.15) is 5.82 Å². The minimum absolute atomic E-state index is 0.0761. The molecule has 0 bridgehead atoms. The molecule has 2 N–H and O–H groups in total. The van der Waals surface area contributed by atoms with E-state index in [0.29, 0.717) is 18.1 Å². The number of fused-ring (bicyclic) bond motifs is 2. The highest BCUT2D eigenvalue weighted by Crippen LogP contribution is 2.18. The average Bonchev–Trinajstić information content (AvgIpc) is 3.22. The third-order valence-corrected chi connectivity index (χ3v) is 5.82. The number of thiazole rings is 1. The summed E-state index contributed by atoms with van der Waals surface area (Å²) >= 11 is 1.60. The van der Waals surface area contributed by atoms with Gasteiger partial charge in [-0.15, -0.1) is 11.3 Å². The fourth-order valence-corrected chi connectivity index (χ4v) is 4.45. The van der Waals surface area contributed by atoms with Crippen molar-refractivity contribution in [1.29, 1.82) is 0 Å². The molecule has 0 fully saturated rings. The molecule has 0 aliphatic heterocycles. The van der Waals surface area contributed by atoms with Gasteiger partial charge in [0.15, 0.2) is 0 Å². The highest BCUT2D eigenvalue weighted by molar-refractivity contribution is 7.11. The molecular weight excluding hydrogens is 364 g/mol. The molecule has 0 aromatic carbocycles. The van der Waals surface area contributed by atoms with Gasteiger partial charge in [-0.2, -0.15) is 9.50 Å². The molecule has 0 saturated heterocycles. The zero-order valence-electron chi connectivity index (χ0n) is 15.5. The van der Waals surface area contributed by atoms with E-state index < -0.39 is 0 Å². The lowest BCUT2D eigenvalue weighted by Crippen LogP contribution is -2.26. The minimum Gasteiger partial charge on any atom is -0.351 e. The van der Waals surface area contributed by atoms with E-state index in [0.717, 1.165) is 58.9 Å². The Kier molecular flexibility index (Phi) is 4.77. The molecule has 9 heteroatoms.